The zero-order valence-corrected chi connectivity index (χ0v) is 18.9. The normalized spacial score (nSPS) is 18.3. The molecule has 0 amide bonds. The molecule has 5 heteroatoms. The Bertz CT molecular complexity index is 886. The summed E-state index contributed by atoms with van der Waals surface area (Å²) in [5.41, 5.74) is 0.828. The zero-order chi connectivity index (χ0) is 21.1. The summed E-state index contributed by atoms with van der Waals surface area (Å²) in [6.07, 6.45) is 2.37. The zero-order valence-electron chi connectivity index (χ0n) is 18.9. The van der Waals surface area contributed by atoms with Crippen molar-refractivity contribution in [3.8, 4) is 5.75 Å². The van der Waals surface area contributed by atoms with Gasteiger partial charge in [-0.2, -0.15) is 0 Å². The van der Waals surface area contributed by atoms with Crippen LogP contribution in [0.4, 0.5) is 0 Å². The molecule has 29 heavy (non-hydrogen) atoms. The summed E-state index contributed by atoms with van der Waals surface area (Å²) < 4.78 is 7.79. The minimum atomic E-state index is 0.0652. The lowest BCUT2D eigenvalue weighted by molar-refractivity contribution is 0.129. The van der Waals surface area contributed by atoms with Crippen molar-refractivity contribution in [3.05, 3.63) is 34.4 Å². The number of nitrogens with zero attached hydrogens (tertiary/aromatic N) is 3. The fourth-order valence-electron chi connectivity index (χ4n) is 4.16. The first-order valence-electron chi connectivity index (χ1n) is 11.2. The number of piperidine rings is 1. The lowest BCUT2D eigenvalue weighted by atomic mass is 9.96. The molecule has 1 aliphatic heterocycles. The number of fused-ring (bicyclic) bond motifs is 1. The number of hydrogen-bond donors (Lipinski definition) is 0. The molecule has 1 atom stereocenters. The molecule has 1 aromatic heterocycles. The van der Waals surface area contributed by atoms with Crippen LogP contribution in [-0.2, 0) is 6.54 Å². The Morgan fingerprint density at radius 1 is 1.17 bits per heavy atom. The van der Waals surface area contributed by atoms with Crippen molar-refractivity contribution in [1.82, 2.24) is 14.5 Å². The summed E-state index contributed by atoms with van der Waals surface area (Å²) in [6.45, 7) is 16.6. The molecular formula is C24H37N3O2. The first kappa shape index (κ1) is 21.8. The number of ether oxygens (including phenoxy) is 1. The molecular weight excluding hydrogens is 362 g/mol. The predicted molar refractivity (Wildman–Crippen MR) is 120 cm³/mol. The van der Waals surface area contributed by atoms with Gasteiger partial charge in [-0.3, -0.25) is 9.36 Å². The maximum absolute atomic E-state index is 13.5. The van der Waals surface area contributed by atoms with E-state index in [0.29, 0.717) is 29.9 Å². The van der Waals surface area contributed by atoms with Crippen molar-refractivity contribution in [2.45, 2.75) is 72.9 Å². The second-order valence-corrected chi connectivity index (χ2v) is 9.52. The van der Waals surface area contributed by atoms with Gasteiger partial charge in [-0.05, 0) is 63.3 Å². The minimum absolute atomic E-state index is 0.0652. The second-order valence-electron chi connectivity index (χ2n) is 9.52. The molecule has 0 aliphatic carbocycles. The molecule has 0 saturated carbocycles. The van der Waals surface area contributed by atoms with E-state index in [1.807, 2.05) is 22.8 Å². The van der Waals surface area contributed by atoms with Crippen LogP contribution in [0, 0.1) is 11.8 Å². The SMILES string of the molecule is CC(C)COc1ccc2nc(C(C)C)n(C[C@H]3CCCN(C(C)C)C3)c(=O)c2c1. The highest BCUT2D eigenvalue weighted by molar-refractivity contribution is 5.79. The minimum Gasteiger partial charge on any atom is -0.493 e. The highest BCUT2D eigenvalue weighted by Gasteiger charge is 2.24. The number of benzene rings is 1. The van der Waals surface area contributed by atoms with Crippen LogP contribution in [-0.4, -0.2) is 40.2 Å². The van der Waals surface area contributed by atoms with Gasteiger partial charge in [-0.15, -0.1) is 0 Å². The Morgan fingerprint density at radius 2 is 1.93 bits per heavy atom. The number of hydrogen-bond acceptors (Lipinski definition) is 4. The maximum atomic E-state index is 13.5. The molecule has 2 aromatic rings. The molecule has 1 aromatic carbocycles. The van der Waals surface area contributed by atoms with Gasteiger partial charge < -0.3 is 9.64 Å². The van der Waals surface area contributed by atoms with Crippen LogP contribution in [0.5, 0.6) is 5.75 Å². The van der Waals surface area contributed by atoms with Gasteiger partial charge in [0.1, 0.15) is 11.6 Å². The molecule has 3 rings (SSSR count). The van der Waals surface area contributed by atoms with Crippen LogP contribution in [0.1, 0.15) is 66.1 Å². The van der Waals surface area contributed by atoms with Gasteiger partial charge >= 0.3 is 0 Å². The molecule has 2 heterocycles. The quantitative estimate of drug-likeness (QED) is 0.678. The van der Waals surface area contributed by atoms with E-state index in [-0.39, 0.29) is 11.5 Å². The Morgan fingerprint density at radius 3 is 2.59 bits per heavy atom. The average molecular weight is 400 g/mol. The van der Waals surface area contributed by atoms with Crippen molar-refractivity contribution in [2.75, 3.05) is 19.7 Å². The van der Waals surface area contributed by atoms with E-state index in [1.54, 1.807) is 0 Å². The van der Waals surface area contributed by atoms with Gasteiger partial charge in [0.05, 0.1) is 17.5 Å². The molecule has 5 nitrogen and oxygen atoms in total. The van der Waals surface area contributed by atoms with Crippen molar-refractivity contribution >= 4 is 10.9 Å². The number of aromatic nitrogens is 2. The molecule has 0 N–H and O–H groups in total. The third kappa shape index (κ3) is 5.19. The standard InChI is InChI=1S/C24H37N3O2/c1-16(2)15-29-20-9-10-22-21(12-20)24(28)27(23(25-22)17(3)4)14-19-8-7-11-26(13-19)18(5)6/h9-10,12,16-19H,7-8,11,13-15H2,1-6H3/t19-/m0/s1. The van der Waals surface area contributed by atoms with Crippen LogP contribution >= 0.6 is 0 Å². The summed E-state index contributed by atoms with van der Waals surface area (Å²) in [6, 6.07) is 6.26. The molecule has 1 aliphatic rings. The highest BCUT2D eigenvalue weighted by Crippen LogP contribution is 2.24. The summed E-state index contributed by atoms with van der Waals surface area (Å²) in [4.78, 5) is 20.9. The number of rotatable bonds is 7. The Balaban J connectivity index is 1.96. The van der Waals surface area contributed by atoms with Gasteiger partial charge in [-0.25, -0.2) is 4.98 Å². The summed E-state index contributed by atoms with van der Waals surface area (Å²) in [5.74, 6) is 2.77. The van der Waals surface area contributed by atoms with E-state index >= 15 is 0 Å². The number of likely N-dealkylation sites (tertiary alicyclic amines) is 1. The predicted octanol–water partition coefficient (Wildman–Crippen LogP) is 4.68. The second kappa shape index (κ2) is 9.29. The third-order valence-electron chi connectivity index (χ3n) is 5.78. The summed E-state index contributed by atoms with van der Waals surface area (Å²) in [5, 5.41) is 0.659. The lowest BCUT2D eigenvalue weighted by Gasteiger charge is -2.36. The van der Waals surface area contributed by atoms with Crippen molar-refractivity contribution < 1.29 is 4.74 Å². The molecule has 160 valence electrons. The van der Waals surface area contributed by atoms with E-state index in [0.717, 1.165) is 36.7 Å². The van der Waals surface area contributed by atoms with Gasteiger partial charge in [0.15, 0.2) is 0 Å². The van der Waals surface area contributed by atoms with E-state index < -0.39 is 0 Å². The monoisotopic (exact) mass is 399 g/mol. The van der Waals surface area contributed by atoms with E-state index in [2.05, 4.69) is 46.4 Å². The summed E-state index contributed by atoms with van der Waals surface area (Å²) >= 11 is 0. The summed E-state index contributed by atoms with van der Waals surface area (Å²) in [7, 11) is 0. The topological polar surface area (TPSA) is 47.4 Å². The van der Waals surface area contributed by atoms with Crippen molar-refractivity contribution in [3.63, 3.8) is 0 Å². The van der Waals surface area contributed by atoms with Crippen LogP contribution in [0.2, 0.25) is 0 Å². The Kier molecular flexibility index (Phi) is 6.99. The highest BCUT2D eigenvalue weighted by atomic mass is 16.5. The Labute approximate surface area is 175 Å². The molecule has 1 saturated heterocycles. The maximum Gasteiger partial charge on any atom is 0.261 e. The molecule has 0 bridgehead atoms. The molecule has 0 radical (unpaired) electrons. The van der Waals surface area contributed by atoms with Gasteiger partial charge in [0, 0.05) is 25.0 Å². The van der Waals surface area contributed by atoms with Gasteiger partial charge in [0.2, 0.25) is 0 Å². The molecule has 0 spiro atoms. The third-order valence-corrected chi connectivity index (χ3v) is 5.78. The largest absolute Gasteiger partial charge is 0.493 e. The van der Waals surface area contributed by atoms with E-state index in [9.17, 15) is 4.79 Å². The van der Waals surface area contributed by atoms with Crippen LogP contribution in [0.15, 0.2) is 23.0 Å². The van der Waals surface area contributed by atoms with Crippen LogP contribution in [0.25, 0.3) is 10.9 Å². The molecule has 1 fully saturated rings. The van der Waals surface area contributed by atoms with Gasteiger partial charge in [-0.1, -0.05) is 27.7 Å². The van der Waals surface area contributed by atoms with Crippen molar-refractivity contribution in [2.24, 2.45) is 11.8 Å². The fourth-order valence-corrected chi connectivity index (χ4v) is 4.16. The smallest absolute Gasteiger partial charge is 0.261 e. The molecule has 0 unspecified atom stereocenters. The van der Waals surface area contributed by atoms with E-state index in [4.69, 9.17) is 9.72 Å². The lowest BCUT2D eigenvalue weighted by Crippen LogP contribution is -2.42. The first-order chi connectivity index (χ1) is 13.8. The van der Waals surface area contributed by atoms with Crippen molar-refractivity contribution in [1.29, 1.82) is 0 Å². The first-order valence-corrected chi connectivity index (χ1v) is 11.2. The fraction of sp³-hybridized carbons (Fsp3) is 0.667. The average Bonchev–Trinajstić information content (AvgIpc) is 2.68. The van der Waals surface area contributed by atoms with Gasteiger partial charge in [0.25, 0.3) is 5.56 Å². The Hall–Kier alpha value is -1.88. The van der Waals surface area contributed by atoms with E-state index in [1.165, 1.54) is 12.8 Å². The van der Waals surface area contributed by atoms with Crippen LogP contribution in [0.3, 0.4) is 0 Å². The van der Waals surface area contributed by atoms with Crippen LogP contribution < -0.4 is 10.3 Å².